The van der Waals surface area contributed by atoms with Crippen molar-refractivity contribution in [2.45, 2.75) is 12.8 Å². The highest BCUT2D eigenvalue weighted by atomic mass is 16.1. The zero-order valence-electron chi connectivity index (χ0n) is 7.32. The number of amides is 1. The fourth-order valence-corrected chi connectivity index (χ4v) is 1.07. The van der Waals surface area contributed by atoms with E-state index in [0.717, 1.165) is 18.4 Å². The van der Waals surface area contributed by atoms with Crippen LogP contribution in [0.4, 0.5) is 5.95 Å². The van der Waals surface area contributed by atoms with Gasteiger partial charge in [0.15, 0.2) is 0 Å². The van der Waals surface area contributed by atoms with Gasteiger partial charge < -0.3 is 4.57 Å². The highest BCUT2D eigenvalue weighted by Crippen LogP contribution is 2.18. The third kappa shape index (κ3) is 1.44. The van der Waals surface area contributed by atoms with Crippen molar-refractivity contribution >= 4 is 11.9 Å². The fourth-order valence-electron chi connectivity index (χ4n) is 1.07. The molecule has 0 unspecified atom stereocenters. The topological polar surface area (TPSA) is 59.8 Å². The first-order chi connectivity index (χ1) is 6.27. The van der Waals surface area contributed by atoms with E-state index in [0.29, 0.717) is 5.95 Å². The van der Waals surface area contributed by atoms with Gasteiger partial charge in [0.2, 0.25) is 5.95 Å². The Morgan fingerprint density at radius 3 is 2.92 bits per heavy atom. The van der Waals surface area contributed by atoms with Crippen LogP contribution in [0.25, 0.3) is 0 Å². The Morgan fingerprint density at radius 1 is 1.69 bits per heavy atom. The summed E-state index contributed by atoms with van der Waals surface area (Å²) in [7, 11) is 1.78. The van der Waals surface area contributed by atoms with Crippen LogP contribution in [0.3, 0.4) is 0 Å². The predicted molar refractivity (Wildman–Crippen MR) is 46.9 cm³/mol. The second kappa shape index (κ2) is 3.01. The van der Waals surface area contributed by atoms with Gasteiger partial charge in [-0.05, 0) is 12.8 Å². The van der Waals surface area contributed by atoms with Gasteiger partial charge in [0.1, 0.15) is 6.33 Å². The smallest absolute Gasteiger partial charge is 0.253 e. The number of aromatic nitrogens is 3. The van der Waals surface area contributed by atoms with Gasteiger partial charge in [-0.25, -0.2) is 0 Å². The molecule has 1 amide bonds. The monoisotopic (exact) mass is 178 g/mol. The summed E-state index contributed by atoms with van der Waals surface area (Å²) in [5.41, 5.74) is 0.836. The van der Waals surface area contributed by atoms with Crippen LogP contribution in [0.15, 0.2) is 18.0 Å². The van der Waals surface area contributed by atoms with Crippen LogP contribution in [0, 0.1) is 0 Å². The molecule has 1 aliphatic rings. The molecule has 0 saturated carbocycles. The zero-order valence-corrected chi connectivity index (χ0v) is 7.32. The zero-order chi connectivity index (χ0) is 9.26. The molecule has 0 aliphatic heterocycles. The standard InChI is InChI=1S/C8H10N4O/c1-12-5-9-11-8(12)10-7(13)6-3-2-4-6/h3,5H,2,4H2,1H3,(H,10,11,13). The molecule has 0 radical (unpaired) electrons. The molecular weight excluding hydrogens is 168 g/mol. The number of rotatable bonds is 2. The second-order valence-electron chi connectivity index (χ2n) is 2.99. The molecule has 1 aromatic rings. The van der Waals surface area contributed by atoms with E-state index in [4.69, 9.17) is 0 Å². The van der Waals surface area contributed by atoms with Crippen molar-refractivity contribution in [3.63, 3.8) is 0 Å². The number of anilines is 1. The molecule has 1 N–H and O–H groups in total. The van der Waals surface area contributed by atoms with Gasteiger partial charge >= 0.3 is 0 Å². The highest BCUT2D eigenvalue weighted by molar-refractivity contribution is 6.03. The van der Waals surface area contributed by atoms with E-state index >= 15 is 0 Å². The van der Waals surface area contributed by atoms with Crippen molar-refractivity contribution in [3.05, 3.63) is 18.0 Å². The minimum atomic E-state index is -0.0673. The van der Waals surface area contributed by atoms with E-state index in [1.165, 1.54) is 0 Å². The number of hydrogen-bond acceptors (Lipinski definition) is 3. The Balaban J connectivity index is 2.06. The average Bonchev–Trinajstić information content (AvgIpc) is 2.32. The lowest BCUT2D eigenvalue weighted by molar-refractivity contribution is -0.113. The average molecular weight is 178 g/mol. The molecule has 13 heavy (non-hydrogen) atoms. The molecular formula is C8H10N4O. The minimum Gasteiger partial charge on any atom is -0.303 e. The van der Waals surface area contributed by atoms with Crippen molar-refractivity contribution in [1.29, 1.82) is 0 Å². The molecule has 0 spiro atoms. The number of carbonyl (C=O) groups is 1. The maximum atomic E-state index is 11.4. The summed E-state index contributed by atoms with van der Waals surface area (Å²) < 4.78 is 1.66. The number of carbonyl (C=O) groups excluding carboxylic acids is 1. The van der Waals surface area contributed by atoms with E-state index in [9.17, 15) is 4.79 Å². The van der Waals surface area contributed by atoms with Crippen molar-refractivity contribution in [1.82, 2.24) is 14.8 Å². The summed E-state index contributed by atoms with van der Waals surface area (Å²) in [5, 5.41) is 10.1. The molecule has 0 saturated heterocycles. The molecule has 2 rings (SSSR count). The first kappa shape index (κ1) is 7.97. The Hall–Kier alpha value is -1.65. The third-order valence-corrected chi connectivity index (χ3v) is 2.03. The molecule has 0 fully saturated rings. The number of aryl methyl sites for hydroxylation is 1. The Morgan fingerprint density at radius 2 is 2.46 bits per heavy atom. The van der Waals surface area contributed by atoms with Gasteiger partial charge in [0, 0.05) is 12.6 Å². The van der Waals surface area contributed by atoms with E-state index in [1.807, 2.05) is 6.08 Å². The number of nitrogens with zero attached hydrogens (tertiary/aromatic N) is 3. The molecule has 68 valence electrons. The highest BCUT2D eigenvalue weighted by Gasteiger charge is 2.16. The summed E-state index contributed by atoms with van der Waals surface area (Å²) >= 11 is 0. The number of hydrogen-bond donors (Lipinski definition) is 1. The van der Waals surface area contributed by atoms with Crippen molar-refractivity contribution in [2.24, 2.45) is 7.05 Å². The summed E-state index contributed by atoms with van der Waals surface area (Å²) in [6, 6.07) is 0. The molecule has 0 atom stereocenters. The van der Waals surface area contributed by atoms with Crippen molar-refractivity contribution < 1.29 is 4.79 Å². The molecule has 1 heterocycles. The van der Waals surface area contributed by atoms with Gasteiger partial charge in [0.05, 0.1) is 0 Å². The quantitative estimate of drug-likeness (QED) is 0.716. The van der Waals surface area contributed by atoms with Gasteiger partial charge in [0.25, 0.3) is 5.91 Å². The van der Waals surface area contributed by atoms with Crippen LogP contribution in [0.5, 0.6) is 0 Å². The predicted octanol–water partition coefficient (Wildman–Crippen LogP) is 0.474. The molecule has 5 nitrogen and oxygen atoms in total. The maximum absolute atomic E-state index is 11.4. The number of nitrogens with one attached hydrogen (secondary N) is 1. The van der Waals surface area contributed by atoms with Crippen LogP contribution in [-0.2, 0) is 11.8 Å². The molecule has 0 bridgehead atoms. The van der Waals surface area contributed by atoms with Crippen molar-refractivity contribution in [2.75, 3.05) is 5.32 Å². The first-order valence-corrected chi connectivity index (χ1v) is 4.12. The van der Waals surface area contributed by atoms with Gasteiger partial charge in [-0.3, -0.25) is 10.1 Å². The van der Waals surface area contributed by atoms with E-state index in [-0.39, 0.29) is 5.91 Å². The lowest BCUT2D eigenvalue weighted by atomic mass is 9.99. The SMILES string of the molecule is Cn1cnnc1NC(=O)C1=CCC1. The van der Waals surface area contributed by atoms with E-state index in [1.54, 1.807) is 17.9 Å². The van der Waals surface area contributed by atoms with Crippen LogP contribution < -0.4 is 5.32 Å². The normalized spacial score (nSPS) is 14.7. The van der Waals surface area contributed by atoms with Crippen LogP contribution in [-0.4, -0.2) is 20.7 Å². The lowest BCUT2D eigenvalue weighted by Gasteiger charge is -2.12. The largest absolute Gasteiger partial charge is 0.303 e. The van der Waals surface area contributed by atoms with Crippen molar-refractivity contribution in [3.8, 4) is 0 Å². The van der Waals surface area contributed by atoms with E-state index in [2.05, 4.69) is 15.5 Å². The van der Waals surface area contributed by atoms with Crippen LogP contribution in [0.2, 0.25) is 0 Å². The summed E-state index contributed by atoms with van der Waals surface area (Å²) in [4.78, 5) is 11.4. The maximum Gasteiger partial charge on any atom is 0.253 e. The molecule has 0 aromatic carbocycles. The third-order valence-electron chi connectivity index (χ3n) is 2.03. The van der Waals surface area contributed by atoms with Crippen LogP contribution in [0.1, 0.15) is 12.8 Å². The molecule has 5 heteroatoms. The Labute approximate surface area is 75.5 Å². The van der Waals surface area contributed by atoms with Gasteiger partial charge in [-0.15, -0.1) is 10.2 Å². The number of allylic oxidation sites excluding steroid dienone is 1. The second-order valence-corrected chi connectivity index (χ2v) is 2.99. The fraction of sp³-hybridized carbons (Fsp3) is 0.375. The Kier molecular flexibility index (Phi) is 1.84. The van der Waals surface area contributed by atoms with Gasteiger partial charge in [-0.1, -0.05) is 6.08 Å². The van der Waals surface area contributed by atoms with E-state index < -0.39 is 0 Å². The summed E-state index contributed by atoms with van der Waals surface area (Å²) in [6.07, 6.45) is 5.34. The Bertz CT molecular complexity index is 366. The minimum absolute atomic E-state index is 0.0673. The van der Waals surface area contributed by atoms with Crippen LogP contribution >= 0.6 is 0 Å². The molecule has 1 aromatic heterocycles. The molecule has 1 aliphatic carbocycles. The first-order valence-electron chi connectivity index (χ1n) is 4.12. The van der Waals surface area contributed by atoms with Gasteiger partial charge in [-0.2, -0.15) is 0 Å². The lowest BCUT2D eigenvalue weighted by Crippen LogP contribution is -2.19. The summed E-state index contributed by atoms with van der Waals surface area (Å²) in [5.74, 6) is 0.417. The summed E-state index contributed by atoms with van der Waals surface area (Å²) in [6.45, 7) is 0.